The molecule has 32 heavy (non-hydrogen) atoms. The summed E-state index contributed by atoms with van der Waals surface area (Å²) in [6.07, 6.45) is 3.00. The van der Waals surface area contributed by atoms with Crippen LogP contribution in [0.5, 0.6) is 0 Å². The van der Waals surface area contributed by atoms with Crippen molar-refractivity contribution in [1.82, 2.24) is 15.3 Å². The molecule has 3 N–H and O–H groups in total. The molecule has 8 heteroatoms. The van der Waals surface area contributed by atoms with Crippen molar-refractivity contribution in [2.24, 2.45) is 0 Å². The van der Waals surface area contributed by atoms with E-state index in [0.717, 1.165) is 11.1 Å². The summed E-state index contributed by atoms with van der Waals surface area (Å²) in [6, 6.07) is 9.44. The molecule has 0 aliphatic rings. The van der Waals surface area contributed by atoms with Crippen LogP contribution in [-0.2, 0) is 0 Å². The summed E-state index contributed by atoms with van der Waals surface area (Å²) in [4.78, 5) is 21.4. The number of hydrogen-bond acceptors (Lipinski definition) is 6. The Balaban J connectivity index is 2.05. The van der Waals surface area contributed by atoms with Crippen molar-refractivity contribution in [3.63, 3.8) is 0 Å². The summed E-state index contributed by atoms with van der Waals surface area (Å²) in [5.41, 5.74) is 2.00. The normalized spacial score (nSPS) is 12.4. The van der Waals surface area contributed by atoms with Crippen LogP contribution in [0.25, 0.3) is 22.0 Å². The first-order valence-corrected chi connectivity index (χ1v) is 10.3. The van der Waals surface area contributed by atoms with Gasteiger partial charge in [-0.25, -0.2) is 4.39 Å². The second kappa shape index (κ2) is 9.28. The first-order valence-electron chi connectivity index (χ1n) is 10.3. The van der Waals surface area contributed by atoms with Gasteiger partial charge in [-0.3, -0.25) is 14.8 Å². The van der Waals surface area contributed by atoms with Gasteiger partial charge in [0.15, 0.2) is 0 Å². The summed E-state index contributed by atoms with van der Waals surface area (Å²) < 4.78 is 14.1. The van der Waals surface area contributed by atoms with Crippen LogP contribution in [0.15, 0.2) is 42.9 Å². The van der Waals surface area contributed by atoms with Gasteiger partial charge in [-0.15, -0.1) is 0 Å². The van der Waals surface area contributed by atoms with Crippen LogP contribution < -0.4 is 10.6 Å². The molecule has 166 valence electrons. The van der Waals surface area contributed by atoms with Crippen molar-refractivity contribution >= 4 is 22.5 Å². The number of rotatable bonds is 7. The Labute approximate surface area is 186 Å². The first kappa shape index (κ1) is 23.1. The summed E-state index contributed by atoms with van der Waals surface area (Å²) in [6.45, 7) is 6.28. The largest absolute Gasteiger partial charge is 0.387 e. The highest BCUT2D eigenvalue weighted by atomic mass is 19.1. The minimum absolute atomic E-state index is 0.0182. The number of carbonyl (C=O) groups is 1. The van der Waals surface area contributed by atoms with Gasteiger partial charge in [-0.05, 0) is 51.5 Å². The molecule has 2 aromatic heterocycles. The SMILES string of the molecule is CC(C)Nc1c(C(=O)NCC(F)C(C)(C)O)cnc2ccc(-c3cncc(C#N)c3)cc12. The molecule has 0 fully saturated rings. The zero-order chi connectivity index (χ0) is 23.5. The Morgan fingerprint density at radius 1 is 1.22 bits per heavy atom. The lowest BCUT2D eigenvalue weighted by Gasteiger charge is -2.23. The molecule has 0 bridgehead atoms. The van der Waals surface area contributed by atoms with Crippen molar-refractivity contribution in [3.8, 4) is 17.2 Å². The van der Waals surface area contributed by atoms with Gasteiger partial charge in [0.25, 0.3) is 5.91 Å². The lowest BCUT2D eigenvalue weighted by atomic mass is 10.0. The Bertz CT molecular complexity index is 1180. The highest BCUT2D eigenvalue weighted by Crippen LogP contribution is 2.31. The maximum absolute atomic E-state index is 14.1. The molecular weight excluding hydrogens is 409 g/mol. The maximum atomic E-state index is 14.1. The van der Waals surface area contributed by atoms with Gasteiger partial charge >= 0.3 is 0 Å². The summed E-state index contributed by atoms with van der Waals surface area (Å²) in [5.74, 6) is -0.493. The third-order valence-corrected chi connectivity index (χ3v) is 4.95. The van der Waals surface area contributed by atoms with Crippen molar-refractivity contribution in [3.05, 3.63) is 54.0 Å². The maximum Gasteiger partial charge on any atom is 0.255 e. The standard InChI is InChI=1S/C24H26FN5O2/c1-14(2)30-22-18-8-16(17-7-15(9-26)10-27-11-17)5-6-20(18)28-12-19(22)23(31)29-13-21(25)24(3,4)32/h5-8,10-12,14,21,32H,13H2,1-4H3,(H,28,30)(H,29,31). The smallest absolute Gasteiger partial charge is 0.255 e. The number of halogens is 1. The number of fused-ring (bicyclic) bond motifs is 1. The van der Waals surface area contributed by atoms with Gasteiger partial charge in [0.1, 0.15) is 12.2 Å². The zero-order valence-electron chi connectivity index (χ0n) is 18.5. The van der Waals surface area contributed by atoms with Crippen LogP contribution in [0.3, 0.4) is 0 Å². The molecule has 0 spiro atoms. The predicted molar refractivity (Wildman–Crippen MR) is 122 cm³/mol. The first-order chi connectivity index (χ1) is 15.1. The van der Waals surface area contributed by atoms with Gasteiger partial charge in [-0.1, -0.05) is 6.07 Å². The number of nitrogens with zero attached hydrogens (tertiary/aromatic N) is 3. The molecule has 0 aliphatic carbocycles. The van der Waals surface area contributed by atoms with E-state index < -0.39 is 17.7 Å². The van der Waals surface area contributed by atoms with Crippen LogP contribution in [0.2, 0.25) is 0 Å². The Kier molecular flexibility index (Phi) is 6.70. The zero-order valence-corrected chi connectivity index (χ0v) is 18.5. The van der Waals surface area contributed by atoms with E-state index in [1.807, 2.05) is 32.0 Å². The molecule has 1 atom stereocenters. The minimum Gasteiger partial charge on any atom is -0.387 e. The number of nitrogens with one attached hydrogen (secondary N) is 2. The number of hydrogen-bond donors (Lipinski definition) is 3. The third kappa shape index (κ3) is 5.18. The van der Waals surface area contributed by atoms with Crippen molar-refractivity contribution in [2.45, 2.75) is 45.5 Å². The Hall–Kier alpha value is -3.57. The van der Waals surface area contributed by atoms with Crippen molar-refractivity contribution in [1.29, 1.82) is 5.26 Å². The molecule has 1 unspecified atom stereocenters. The molecule has 1 aromatic carbocycles. The fourth-order valence-electron chi connectivity index (χ4n) is 3.17. The van der Waals surface area contributed by atoms with E-state index in [4.69, 9.17) is 5.26 Å². The molecule has 7 nitrogen and oxygen atoms in total. The number of amides is 1. The van der Waals surface area contributed by atoms with Gasteiger partial charge in [0.2, 0.25) is 0 Å². The van der Waals surface area contributed by atoms with Gasteiger partial charge in [0, 0.05) is 35.6 Å². The Morgan fingerprint density at radius 3 is 2.62 bits per heavy atom. The van der Waals surface area contributed by atoms with E-state index in [-0.39, 0.29) is 18.2 Å². The summed E-state index contributed by atoms with van der Waals surface area (Å²) in [5, 5.41) is 25.5. The number of aliphatic hydroxyl groups is 1. The molecule has 3 aromatic rings. The lowest BCUT2D eigenvalue weighted by molar-refractivity contribution is -0.00177. The van der Waals surface area contributed by atoms with E-state index in [1.54, 1.807) is 12.3 Å². The fourth-order valence-corrected chi connectivity index (χ4v) is 3.17. The second-order valence-electron chi connectivity index (χ2n) is 8.48. The highest BCUT2D eigenvalue weighted by molar-refractivity contribution is 6.07. The van der Waals surface area contributed by atoms with Gasteiger partial charge in [-0.2, -0.15) is 5.26 Å². The minimum atomic E-state index is -1.62. The summed E-state index contributed by atoms with van der Waals surface area (Å²) >= 11 is 0. The molecule has 1 amide bonds. The van der Waals surface area contributed by atoms with E-state index in [1.165, 1.54) is 26.2 Å². The molecule has 2 heterocycles. The van der Waals surface area contributed by atoms with Gasteiger partial charge < -0.3 is 15.7 Å². The molecule has 3 rings (SSSR count). The number of nitriles is 1. The number of aromatic nitrogens is 2. The lowest BCUT2D eigenvalue weighted by Crippen LogP contribution is -2.42. The second-order valence-corrected chi connectivity index (χ2v) is 8.48. The third-order valence-electron chi connectivity index (χ3n) is 4.95. The molecular formula is C24H26FN5O2. The number of pyridine rings is 2. The van der Waals surface area contributed by atoms with E-state index >= 15 is 0 Å². The predicted octanol–water partition coefficient (Wildman–Crippen LogP) is 3.83. The summed E-state index contributed by atoms with van der Waals surface area (Å²) in [7, 11) is 0. The van der Waals surface area contributed by atoms with Crippen LogP contribution in [0.4, 0.5) is 10.1 Å². The average molecular weight is 436 g/mol. The van der Waals surface area contributed by atoms with E-state index in [2.05, 4.69) is 26.7 Å². The quantitative estimate of drug-likeness (QED) is 0.520. The van der Waals surface area contributed by atoms with Gasteiger partial charge in [0.05, 0.1) is 34.5 Å². The number of carbonyl (C=O) groups excluding carboxylic acids is 1. The molecule has 0 aliphatic heterocycles. The molecule has 0 saturated heterocycles. The fraction of sp³-hybridized carbons (Fsp3) is 0.333. The monoisotopic (exact) mass is 435 g/mol. The van der Waals surface area contributed by atoms with Crippen LogP contribution >= 0.6 is 0 Å². The average Bonchev–Trinajstić information content (AvgIpc) is 2.76. The Morgan fingerprint density at radius 2 is 1.97 bits per heavy atom. The van der Waals surface area contributed by atoms with Crippen LogP contribution in [0, 0.1) is 11.3 Å². The van der Waals surface area contributed by atoms with Crippen LogP contribution in [-0.4, -0.2) is 45.3 Å². The van der Waals surface area contributed by atoms with Crippen molar-refractivity contribution in [2.75, 3.05) is 11.9 Å². The van der Waals surface area contributed by atoms with E-state index in [0.29, 0.717) is 22.2 Å². The number of anilines is 1. The van der Waals surface area contributed by atoms with Crippen molar-refractivity contribution < 1.29 is 14.3 Å². The molecule has 0 radical (unpaired) electrons. The highest BCUT2D eigenvalue weighted by Gasteiger charge is 2.27. The number of alkyl halides is 1. The van der Waals surface area contributed by atoms with E-state index in [9.17, 15) is 14.3 Å². The van der Waals surface area contributed by atoms with Crippen LogP contribution in [0.1, 0.15) is 43.6 Å². The number of benzene rings is 1. The topological polar surface area (TPSA) is 111 Å². The molecule has 0 saturated carbocycles.